The number of hydrogen-bond donors (Lipinski definition) is 2. The van der Waals surface area contributed by atoms with Gasteiger partial charge in [0.25, 0.3) is 0 Å². The molecule has 1 aromatic heterocycles. The van der Waals surface area contributed by atoms with E-state index in [1.165, 1.54) is 25.7 Å². The monoisotopic (exact) mass is 281 g/mol. The lowest BCUT2D eigenvalue weighted by atomic mass is 10.2. The van der Waals surface area contributed by atoms with Crippen molar-refractivity contribution in [3.05, 3.63) is 5.82 Å². The van der Waals surface area contributed by atoms with Gasteiger partial charge in [-0.25, -0.2) is 5.84 Å². The number of thioether (sulfide) groups is 1. The zero-order chi connectivity index (χ0) is 13.4. The first-order valence-corrected chi connectivity index (χ1v) is 7.77. The Labute approximate surface area is 116 Å². The van der Waals surface area contributed by atoms with E-state index >= 15 is 0 Å². The van der Waals surface area contributed by atoms with Gasteiger partial charge in [-0.05, 0) is 25.7 Å². The van der Waals surface area contributed by atoms with Crippen molar-refractivity contribution in [2.24, 2.45) is 11.8 Å². The quantitative estimate of drug-likeness (QED) is 0.354. The fourth-order valence-corrected chi connectivity index (χ4v) is 3.13. The maximum atomic E-state index is 11.4. The standard InChI is InChI=1S/C12H19N5OS/c1-7(11(18)14-13)6-19-12-16-15-10(8-2-3-8)17(12)9-4-5-9/h7-9H,2-6,13H2,1H3,(H,14,18). The smallest absolute Gasteiger partial charge is 0.237 e. The summed E-state index contributed by atoms with van der Waals surface area (Å²) >= 11 is 1.61. The van der Waals surface area contributed by atoms with Crippen LogP contribution in [0.5, 0.6) is 0 Å². The molecule has 2 aliphatic rings. The normalized spacial score (nSPS) is 20.3. The number of amides is 1. The van der Waals surface area contributed by atoms with Gasteiger partial charge in [-0.15, -0.1) is 10.2 Å². The molecule has 0 saturated heterocycles. The Morgan fingerprint density at radius 3 is 2.79 bits per heavy atom. The van der Waals surface area contributed by atoms with Gasteiger partial charge in [0.2, 0.25) is 5.91 Å². The molecule has 2 saturated carbocycles. The van der Waals surface area contributed by atoms with Crippen LogP contribution in [0.1, 0.15) is 50.4 Å². The summed E-state index contributed by atoms with van der Waals surface area (Å²) in [6, 6.07) is 0.590. The SMILES string of the molecule is CC(CSc1nnc(C2CC2)n1C1CC1)C(=O)NN. The van der Waals surface area contributed by atoms with E-state index < -0.39 is 0 Å². The van der Waals surface area contributed by atoms with Gasteiger partial charge in [-0.3, -0.25) is 10.2 Å². The van der Waals surface area contributed by atoms with E-state index in [1.807, 2.05) is 6.92 Å². The van der Waals surface area contributed by atoms with Crippen LogP contribution >= 0.6 is 11.8 Å². The van der Waals surface area contributed by atoms with Gasteiger partial charge < -0.3 is 4.57 Å². The van der Waals surface area contributed by atoms with Gasteiger partial charge in [-0.1, -0.05) is 18.7 Å². The lowest BCUT2D eigenvalue weighted by molar-refractivity contribution is -0.123. The van der Waals surface area contributed by atoms with Crippen LogP contribution in [0.25, 0.3) is 0 Å². The third-order valence-electron chi connectivity index (χ3n) is 3.60. The molecule has 0 aromatic carbocycles. The molecule has 3 rings (SSSR count). The molecule has 1 unspecified atom stereocenters. The van der Waals surface area contributed by atoms with Crippen LogP contribution in [0.3, 0.4) is 0 Å². The van der Waals surface area contributed by atoms with Crippen molar-refractivity contribution in [1.29, 1.82) is 0 Å². The van der Waals surface area contributed by atoms with Crippen molar-refractivity contribution < 1.29 is 4.79 Å². The molecule has 2 fully saturated rings. The highest BCUT2D eigenvalue weighted by molar-refractivity contribution is 7.99. The summed E-state index contributed by atoms with van der Waals surface area (Å²) in [7, 11) is 0. The van der Waals surface area contributed by atoms with Crippen molar-refractivity contribution >= 4 is 17.7 Å². The minimum atomic E-state index is -0.132. The number of carbonyl (C=O) groups excluding carboxylic acids is 1. The topological polar surface area (TPSA) is 85.8 Å². The largest absolute Gasteiger partial charge is 0.303 e. The summed E-state index contributed by atoms with van der Waals surface area (Å²) in [6.45, 7) is 1.87. The minimum absolute atomic E-state index is 0.122. The molecule has 0 aliphatic heterocycles. The Bertz CT molecular complexity index is 480. The van der Waals surface area contributed by atoms with Crippen LogP contribution < -0.4 is 11.3 Å². The zero-order valence-electron chi connectivity index (χ0n) is 11.0. The van der Waals surface area contributed by atoms with E-state index in [1.54, 1.807) is 11.8 Å². The molecule has 0 radical (unpaired) electrons. The number of hydrogen-bond acceptors (Lipinski definition) is 5. The van der Waals surface area contributed by atoms with Gasteiger partial charge in [0.05, 0.1) is 0 Å². The third-order valence-corrected chi connectivity index (χ3v) is 4.80. The van der Waals surface area contributed by atoms with Crippen LogP contribution in [0.4, 0.5) is 0 Å². The molecular formula is C12H19N5OS. The highest BCUT2D eigenvalue weighted by Gasteiger charge is 2.36. The molecule has 7 heteroatoms. The third kappa shape index (κ3) is 2.76. The molecule has 104 valence electrons. The van der Waals surface area contributed by atoms with Crippen LogP contribution in [-0.2, 0) is 4.79 Å². The summed E-state index contributed by atoms with van der Waals surface area (Å²) in [5.74, 6) is 7.34. The summed E-state index contributed by atoms with van der Waals surface area (Å²) in [5, 5.41) is 9.62. The molecule has 6 nitrogen and oxygen atoms in total. The average molecular weight is 281 g/mol. The molecule has 3 N–H and O–H groups in total. The summed E-state index contributed by atoms with van der Waals surface area (Å²) in [5.41, 5.74) is 2.19. The number of carbonyl (C=O) groups is 1. The summed E-state index contributed by atoms with van der Waals surface area (Å²) in [6.07, 6.45) is 4.93. The van der Waals surface area contributed by atoms with Crippen molar-refractivity contribution in [1.82, 2.24) is 20.2 Å². The first-order chi connectivity index (χ1) is 9.20. The highest BCUT2D eigenvalue weighted by Crippen LogP contribution is 2.46. The molecular weight excluding hydrogens is 262 g/mol. The number of nitrogens with two attached hydrogens (primary N) is 1. The fraction of sp³-hybridized carbons (Fsp3) is 0.750. The predicted molar refractivity (Wildman–Crippen MR) is 72.5 cm³/mol. The van der Waals surface area contributed by atoms with Crippen LogP contribution in [0.2, 0.25) is 0 Å². The maximum Gasteiger partial charge on any atom is 0.237 e. The summed E-state index contributed by atoms with van der Waals surface area (Å²) in [4.78, 5) is 11.4. The Morgan fingerprint density at radius 1 is 1.47 bits per heavy atom. The Morgan fingerprint density at radius 2 is 2.21 bits per heavy atom. The van der Waals surface area contributed by atoms with Crippen molar-refractivity contribution in [2.75, 3.05) is 5.75 Å². The molecule has 0 spiro atoms. The van der Waals surface area contributed by atoms with Crippen LogP contribution in [0.15, 0.2) is 5.16 Å². The minimum Gasteiger partial charge on any atom is -0.303 e. The summed E-state index contributed by atoms with van der Waals surface area (Å²) < 4.78 is 2.30. The number of nitrogens with zero attached hydrogens (tertiary/aromatic N) is 3. The lowest BCUT2D eigenvalue weighted by Gasteiger charge is -2.10. The lowest BCUT2D eigenvalue weighted by Crippen LogP contribution is -2.35. The van der Waals surface area contributed by atoms with Crippen LogP contribution in [-0.4, -0.2) is 26.4 Å². The van der Waals surface area contributed by atoms with Gasteiger partial charge in [0.15, 0.2) is 5.16 Å². The Balaban J connectivity index is 1.68. The second kappa shape index (κ2) is 5.13. The van der Waals surface area contributed by atoms with Gasteiger partial charge in [0.1, 0.15) is 5.82 Å². The molecule has 1 amide bonds. The number of hydrazine groups is 1. The second-order valence-electron chi connectivity index (χ2n) is 5.44. The first-order valence-electron chi connectivity index (χ1n) is 6.78. The Hall–Kier alpha value is -1.08. The van der Waals surface area contributed by atoms with E-state index in [0.29, 0.717) is 17.7 Å². The zero-order valence-corrected chi connectivity index (χ0v) is 11.8. The first kappa shape index (κ1) is 12.9. The molecule has 1 heterocycles. The molecule has 1 atom stereocenters. The molecule has 1 aromatic rings. The van der Waals surface area contributed by atoms with E-state index in [0.717, 1.165) is 11.0 Å². The number of nitrogens with one attached hydrogen (secondary N) is 1. The van der Waals surface area contributed by atoms with Gasteiger partial charge in [-0.2, -0.15) is 0 Å². The fourth-order valence-electron chi connectivity index (χ4n) is 2.10. The van der Waals surface area contributed by atoms with E-state index in [-0.39, 0.29) is 11.8 Å². The van der Waals surface area contributed by atoms with Crippen LogP contribution in [0, 0.1) is 5.92 Å². The average Bonchev–Trinajstić information content (AvgIpc) is 3.33. The second-order valence-corrected chi connectivity index (χ2v) is 6.42. The van der Waals surface area contributed by atoms with E-state index in [9.17, 15) is 4.79 Å². The van der Waals surface area contributed by atoms with Crippen molar-refractivity contribution in [2.45, 2.75) is 49.7 Å². The van der Waals surface area contributed by atoms with Crippen molar-refractivity contribution in [3.63, 3.8) is 0 Å². The molecule has 0 bridgehead atoms. The predicted octanol–water partition coefficient (Wildman–Crippen LogP) is 1.21. The maximum absolute atomic E-state index is 11.4. The Kier molecular flexibility index (Phi) is 3.49. The molecule has 19 heavy (non-hydrogen) atoms. The molecule has 2 aliphatic carbocycles. The van der Waals surface area contributed by atoms with E-state index in [2.05, 4.69) is 20.2 Å². The van der Waals surface area contributed by atoms with E-state index in [4.69, 9.17) is 5.84 Å². The highest BCUT2D eigenvalue weighted by atomic mass is 32.2. The van der Waals surface area contributed by atoms with Gasteiger partial charge in [0, 0.05) is 23.6 Å². The van der Waals surface area contributed by atoms with Gasteiger partial charge >= 0.3 is 0 Å². The number of aromatic nitrogens is 3. The van der Waals surface area contributed by atoms with Crippen molar-refractivity contribution in [3.8, 4) is 0 Å². The number of rotatable bonds is 6.